The number of H-pyrrole nitrogens is 1. The first-order chi connectivity index (χ1) is 9.97. The normalized spacial score (nSPS) is 12.4. The first-order valence-corrected chi connectivity index (χ1v) is 7.02. The van der Waals surface area contributed by atoms with E-state index in [-0.39, 0.29) is 5.56 Å². The number of hydrogen-bond acceptors (Lipinski definition) is 4. The number of nitrogens with one attached hydrogen (secondary N) is 1. The lowest BCUT2D eigenvalue weighted by Gasteiger charge is -2.13. The number of ether oxygens (including phenoxy) is 1. The van der Waals surface area contributed by atoms with Gasteiger partial charge in [-0.3, -0.25) is 4.79 Å². The molecule has 2 rings (SSSR count). The topological polar surface area (TPSA) is 81.0 Å². The van der Waals surface area contributed by atoms with Crippen molar-refractivity contribution in [1.29, 1.82) is 0 Å². The minimum absolute atomic E-state index is 0.256. The summed E-state index contributed by atoms with van der Waals surface area (Å²) in [5.74, 6) is 1.28. The van der Waals surface area contributed by atoms with Gasteiger partial charge in [-0.15, -0.1) is 0 Å². The van der Waals surface area contributed by atoms with Crippen molar-refractivity contribution in [3.8, 4) is 5.75 Å². The van der Waals surface area contributed by atoms with Gasteiger partial charge in [0.05, 0.1) is 18.3 Å². The molecule has 112 valence electrons. The Bertz CT molecular complexity index is 647. The lowest BCUT2D eigenvalue weighted by Crippen LogP contribution is -2.23. The van der Waals surface area contributed by atoms with Gasteiger partial charge in [0.25, 0.3) is 5.56 Å². The van der Waals surface area contributed by atoms with Gasteiger partial charge >= 0.3 is 0 Å². The highest BCUT2D eigenvalue weighted by atomic mass is 16.5. The van der Waals surface area contributed by atoms with Crippen molar-refractivity contribution in [3.63, 3.8) is 0 Å². The summed E-state index contributed by atoms with van der Waals surface area (Å²) in [5.41, 5.74) is 8.02. The van der Waals surface area contributed by atoms with Gasteiger partial charge in [0.2, 0.25) is 0 Å². The van der Waals surface area contributed by atoms with Crippen LogP contribution >= 0.6 is 0 Å². The van der Waals surface area contributed by atoms with Crippen LogP contribution in [-0.4, -0.2) is 16.8 Å². The van der Waals surface area contributed by atoms with E-state index in [9.17, 15) is 4.79 Å². The highest BCUT2D eigenvalue weighted by Gasteiger charge is 2.13. The zero-order valence-electron chi connectivity index (χ0n) is 12.6. The van der Waals surface area contributed by atoms with Crippen molar-refractivity contribution in [2.24, 2.45) is 11.7 Å². The molecule has 0 spiro atoms. The SMILES string of the molecule is Cc1cc(C(N)c2ccc(OCC(C)C)cc2)c(=O)[nH]n1. The molecule has 0 fully saturated rings. The molecule has 0 aliphatic heterocycles. The number of nitrogens with two attached hydrogens (primary N) is 1. The van der Waals surface area contributed by atoms with Crippen LogP contribution in [0.1, 0.15) is 36.7 Å². The predicted octanol–water partition coefficient (Wildman–Crippen LogP) is 2.16. The Morgan fingerprint density at radius 3 is 2.57 bits per heavy atom. The summed E-state index contributed by atoms with van der Waals surface area (Å²) in [5, 5.41) is 6.31. The molecular weight excluding hydrogens is 266 g/mol. The Balaban J connectivity index is 2.18. The Kier molecular flexibility index (Phi) is 4.75. The van der Waals surface area contributed by atoms with E-state index in [0.29, 0.717) is 18.1 Å². The number of hydrogen-bond donors (Lipinski definition) is 2. The van der Waals surface area contributed by atoms with Crippen molar-refractivity contribution in [2.45, 2.75) is 26.8 Å². The van der Waals surface area contributed by atoms with Crippen LogP contribution in [-0.2, 0) is 0 Å². The molecule has 2 aromatic rings. The van der Waals surface area contributed by atoms with E-state index >= 15 is 0 Å². The van der Waals surface area contributed by atoms with Gasteiger partial charge in [0.1, 0.15) is 5.75 Å². The van der Waals surface area contributed by atoms with Crippen LogP contribution in [0.5, 0.6) is 5.75 Å². The largest absolute Gasteiger partial charge is 0.493 e. The standard InChI is InChI=1S/C16H21N3O2/c1-10(2)9-21-13-6-4-12(5-7-13)15(17)14-8-11(3)18-19-16(14)20/h4-8,10,15H,9,17H2,1-3H3,(H,19,20). The van der Waals surface area contributed by atoms with E-state index in [1.807, 2.05) is 31.2 Å². The van der Waals surface area contributed by atoms with Gasteiger partial charge < -0.3 is 10.5 Å². The van der Waals surface area contributed by atoms with E-state index in [1.165, 1.54) is 0 Å². The summed E-state index contributed by atoms with van der Waals surface area (Å²) in [7, 11) is 0. The monoisotopic (exact) mass is 287 g/mol. The number of aromatic amines is 1. The summed E-state index contributed by atoms with van der Waals surface area (Å²) in [4.78, 5) is 11.8. The van der Waals surface area contributed by atoms with Crippen LogP contribution in [0.2, 0.25) is 0 Å². The molecule has 1 unspecified atom stereocenters. The summed E-state index contributed by atoms with van der Waals surface area (Å²) in [6.07, 6.45) is 0. The highest BCUT2D eigenvalue weighted by molar-refractivity contribution is 5.34. The van der Waals surface area contributed by atoms with Crippen molar-refractivity contribution < 1.29 is 4.74 Å². The molecule has 3 N–H and O–H groups in total. The molecule has 1 aromatic carbocycles. The smallest absolute Gasteiger partial charge is 0.269 e. The van der Waals surface area contributed by atoms with Crippen molar-refractivity contribution in [3.05, 3.63) is 57.5 Å². The van der Waals surface area contributed by atoms with Crippen LogP contribution in [0.25, 0.3) is 0 Å². The second-order valence-electron chi connectivity index (χ2n) is 5.55. The van der Waals surface area contributed by atoms with Gasteiger partial charge in [0, 0.05) is 5.56 Å². The van der Waals surface area contributed by atoms with Crippen LogP contribution in [0.15, 0.2) is 35.1 Å². The fraction of sp³-hybridized carbons (Fsp3) is 0.375. The van der Waals surface area contributed by atoms with Crippen LogP contribution in [0.3, 0.4) is 0 Å². The predicted molar refractivity (Wildman–Crippen MR) is 82.4 cm³/mol. The third-order valence-corrected chi connectivity index (χ3v) is 3.12. The van der Waals surface area contributed by atoms with E-state index in [1.54, 1.807) is 6.07 Å². The molecule has 1 heterocycles. The molecule has 5 heteroatoms. The van der Waals surface area contributed by atoms with Gasteiger partial charge in [0.15, 0.2) is 0 Å². The minimum atomic E-state index is -0.477. The van der Waals surface area contributed by atoms with Crippen molar-refractivity contribution in [1.82, 2.24) is 10.2 Å². The second-order valence-corrected chi connectivity index (χ2v) is 5.55. The number of nitrogens with zero attached hydrogens (tertiary/aromatic N) is 1. The molecule has 0 amide bonds. The second kappa shape index (κ2) is 6.54. The number of benzene rings is 1. The van der Waals surface area contributed by atoms with Gasteiger partial charge in [-0.1, -0.05) is 26.0 Å². The Morgan fingerprint density at radius 1 is 1.29 bits per heavy atom. The molecule has 0 saturated heterocycles. The van der Waals surface area contributed by atoms with E-state index in [4.69, 9.17) is 10.5 Å². The van der Waals surface area contributed by atoms with Crippen LogP contribution in [0, 0.1) is 12.8 Å². The summed E-state index contributed by atoms with van der Waals surface area (Å²) < 4.78 is 5.63. The minimum Gasteiger partial charge on any atom is -0.493 e. The van der Waals surface area contributed by atoms with Crippen LogP contribution in [0.4, 0.5) is 0 Å². The Hall–Kier alpha value is -2.14. The van der Waals surface area contributed by atoms with Crippen molar-refractivity contribution >= 4 is 0 Å². The Labute approximate surface area is 124 Å². The van der Waals surface area contributed by atoms with Gasteiger partial charge in [-0.25, -0.2) is 5.10 Å². The van der Waals surface area contributed by atoms with E-state index in [0.717, 1.165) is 17.0 Å². The Morgan fingerprint density at radius 2 is 1.95 bits per heavy atom. The maximum absolute atomic E-state index is 11.8. The summed E-state index contributed by atoms with van der Waals surface area (Å²) in [6, 6.07) is 8.76. The zero-order valence-corrected chi connectivity index (χ0v) is 12.6. The molecular formula is C16H21N3O2. The number of aromatic nitrogens is 2. The van der Waals surface area contributed by atoms with Gasteiger partial charge in [-0.05, 0) is 36.6 Å². The third kappa shape index (κ3) is 3.92. The van der Waals surface area contributed by atoms with Crippen molar-refractivity contribution in [2.75, 3.05) is 6.61 Å². The quantitative estimate of drug-likeness (QED) is 0.883. The molecule has 5 nitrogen and oxygen atoms in total. The average molecular weight is 287 g/mol. The fourth-order valence-electron chi connectivity index (χ4n) is 1.97. The summed E-state index contributed by atoms with van der Waals surface area (Å²) in [6.45, 7) is 6.69. The number of rotatable bonds is 5. The molecule has 0 saturated carbocycles. The molecule has 0 radical (unpaired) electrons. The maximum atomic E-state index is 11.8. The molecule has 1 atom stereocenters. The molecule has 0 aliphatic carbocycles. The van der Waals surface area contributed by atoms with Crippen LogP contribution < -0.4 is 16.0 Å². The fourth-order valence-corrected chi connectivity index (χ4v) is 1.97. The lowest BCUT2D eigenvalue weighted by atomic mass is 10.0. The maximum Gasteiger partial charge on any atom is 0.269 e. The molecule has 21 heavy (non-hydrogen) atoms. The van der Waals surface area contributed by atoms with Gasteiger partial charge in [-0.2, -0.15) is 5.10 Å². The summed E-state index contributed by atoms with van der Waals surface area (Å²) >= 11 is 0. The third-order valence-electron chi connectivity index (χ3n) is 3.12. The molecule has 0 aliphatic rings. The first-order valence-electron chi connectivity index (χ1n) is 7.02. The highest BCUT2D eigenvalue weighted by Crippen LogP contribution is 2.20. The lowest BCUT2D eigenvalue weighted by molar-refractivity contribution is 0.271. The first kappa shape index (κ1) is 15.3. The van der Waals surface area contributed by atoms with E-state index in [2.05, 4.69) is 24.0 Å². The number of aryl methyl sites for hydroxylation is 1. The molecule has 0 bridgehead atoms. The zero-order chi connectivity index (χ0) is 15.4. The average Bonchev–Trinajstić information content (AvgIpc) is 2.47. The molecule has 1 aromatic heterocycles. The van der Waals surface area contributed by atoms with E-state index < -0.39 is 6.04 Å².